The average molecular weight is 387 g/mol. The number of ether oxygens (including phenoxy) is 1. The first-order valence-corrected chi connectivity index (χ1v) is 9.52. The zero-order chi connectivity index (χ0) is 17.9. The van der Waals surface area contributed by atoms with Crippen LogP contribution in [-0.2, 0) is 11.4 Å². The lowest BCUT2D eigenvalue weighted by Crippen LogP contribution is -2.46. The predicted octanol–water partition coefficient (Wildman–Crippen LogP) is 3.74. The Morgan fingerprint density at radius 1 is 1.11 bits per heavy atom. The van der Waals surface area contributed by atoms with Gasteiger partial charge in [0.15, 0.2) is 0 Å². The van der Waals surface area contributed by atoms with Gasteiger partial charge in [-0.3, -0.25) is 4.79 Å². The first kappa shape index (κ1) is 19.7. The lowest BCUT2D eigenvalue weighted by atomic mass is 10.0. The summed E-state index contributed by atoms with van der Waals surface area (Å²) in [4.78, 5) is 14.6. The van der Waals surface area contributed by atoms with E-state index in [0.717, 1.165) is 37.1 Å². The fraction of sp³-hybridized carbons (Fsp3) is 0.409. The Kier molecular flexibility index (Phi) is 6.40. The van der Waals surface area contributed by atoms with Crippen LogP contribution in [0.25, 0.3) is 0 Å². The van der Waals surface area contributed by atoms with Crippen LogP contribution in [0.3, 0.4) is 0 Å². The van der Waals surface area contributed by atoms with Crippen molar-refractivity contribution in [2.24, 2.45) is 11.7 Å². The lowest BCUT2D eigenvalue weighted by Gasteiger charge is -2.31. The Morgan fingerprint density at radius 3 is 2.56 bits per heavy atom. The minimum Gasteiger partial charge on any atom is -0.489 e. The molecule has 2 aliphatic rings. The highest BCUT2D eigenvalue weighted by Gasteiger charge is 2.46. The number of carbonyl (C=O) groups is 1. The van der Waals surface area contributed by atoms with E-state index in [2.05, 4.69) is 24.3 Å². The van der Waals surface area contributed by atoms with E-state index < -0.39 is 0 Å². The molecule has 4 nitrogen and oxygen atoms in total. The minimum absolute atomic E-state index is 0. The number of carbonyl (C=O) groups excluding carboxylic acids is 1. The first-order valence-electron chi connectivity index (χ1n) is 9.52. The molecule has 2 fully saturated rings. The number of hydrogen-bond donors (Lipinski definition) is 1. The fourth-order valence-corrected chi connectivity index (χ4v) is 3.83. The third-order valence-electron chi connectivity index (χ3n) is 5.43. The molecule has 0 aromatic heterocycles. The van der Waals surface area contributed by atoms with Gasteiger partial charge in [-0.25, -0.2) is 0 Å². The second-order valence-electron chi connectivity index (χ2n) is 7.48. The lowest BCUT2D eigenvalue weighted by molar-refractivity contribution is -0.133. The fourth-order valence-electron chi connectivity index (χ4n) is 3.83. The van der Waals surface area contributed by atoms with E-state index in [1.165, 1.54) is 5.56 Å². The van der Waals surface area contributed by atoms with E-state index in [9.17, 15) is 4.79 Å². The molecule has 3 atom stereocenters. The topological polar surface area (TPSA) is 55.6 Å². The van der Waals surface area contributed by atoms with Gasteiger partial charge in [-0.15, -0.1) is 12.4 Å². The van der Waals surface area contributed by atoms with Crippen LogP contribution < -0.4 is 10.5 Å². The molecule has 144 valence electrons. The van der Waals surface area contributed by atoms with Crippen LogP contribution in [0.5, 0.6) is 5.75 Å². The summed E-state index contributed by atoms with van der Waals surface area (Å²) in [6.07, 6.45) is 3.01. The van der Waals surface area contributed by atoms with Gasteiger partial charge in [0, 0.05) is 25.0 Å². The molecule has 1 saturated heterocycles. The number of piperidine rings is 1. The van der Waals surface area contributed by atoms with E-state index in [4.69, 9.17) is 10.5 Å². The maximum Gasteiger partial charge on any atom is 0.226 e. The molecule has 2 aromatic carbocycles. The molecule has 3 unspecified atom stereocenters. The number of likely N-dealkylation sites (tertiary alicyclic amines) is 1. The summed E-state index contributed by atoms with van der Waals surface area (Å²) in [5.41, 5.74) is 8.40. The average Bonchev–Trinajstić information content (AvgIpc) is 3.48. The highest BCUT2D eigenvalue weighted by Crippen LogP contribution is 2.48. The molecule has 1 heterocycles. The summed E-state index contributed by atoms with van der Waals surface area (Å²) in [5.74, 6) is 1.64. The normalized spacial score (nSPS) is 24.0. The molecular formula is C22H27ClN2O2. The van der Waals surface area contributed by atoms with E-state index in [0.29, 0.717) is 19.1 Å². The van der Waals surface area contributed by atoms with E-state index in [-0.39, 0.29) is 30.3 Å². The molecule has 2 N–H and O–H groups in total. The summed E-state index contributed by atoms with van der Waals surface area (Å²) < 4.78 is 5.84. The maximum atomic E-state index is 12.7. The number of nitrogens with two attached hydrogens (primary N) is 1. The van der Waals surface area contributed by atoms with Crippen molar-refractivity contribution in [2.45, 2.75) is 37.8 Å². The number of halogens is 1. The first-order chi connectivity index (χ1) is 12.7. The molecule has 27 heavy (non-hydrogen) atoms. The van der Waals surface area contributed by atoms with Crippen molar-refractivity contribution in [3.8, 4) is 5.75 Å². The van der Waals surface area contributed by atoms with Crippen molar-refractivity contribution in [1.82, 2.24) is 4.90 Å². The molecule has 0 bridgehead atoms. The van der Waals surface area contributed by atoms with Crippen molar-refractivity contribution in [2.75, 3.05) is 13.1 Å². The highest BCUT2D eigenvalue weighted by atomic mass is 35.5. The SMILES string of the molecule is Cl.NC1CCCN(C(=O)C2CC2c2ccc(OCc3ccccc3)cc2)C1. The molecule has 0 radical (unpaired) electrons. The van der Waals surface area contributed by atoms with Crippen LogP contribution in [0.4, 0.5) is 0 Å². The quantitative estimate of drug-likeness (QED) is 0.851. The van der Waals surface area contributed by atoms with Crippen LogP contribution in [0.2, 0.25) is 0 Å². The molecule has 2 aromatic rings. The second kappa shape index (κ2) is 8.77. The van der Waals surface area contributed by atoms with E-state index in [1.54, 1.807) is 0 Å². The van der Waals surface area contributed by atoms with Gasteiger partial charge >= 0.3 is 0 Å². The van der Waals surface area contributed by atoms with Crippen LogP contribution in [0.15, 0.2) is 54.6 Å². The number of amides is 1. The van der Waals surface area contributed by atoms with E-state index >= 15 is 0 Å². The van der Waals surface area contributed by atoms with Crippen molar-refractivity contribution < 1.29 is 9.53 Å². The number of rotatable bonds is 5. The van der Waals surface area contributed by atoms with Gasteiger partial charge in [0.1, 0.15) is 12.4 Å². The van der Waals surface area contributed by atoms with Crippen LogP contribution in [0.1, 0.15) is 36.3 Å². The Morgan fingerprint density at radius 2 is 1.85 bits per heavy atom. The Balaban J connectivity index is 0.00000210. The van der Waals surface area contributed by atoms with Crippen molar-refractivity contribution in [3.05, 3.63) is 65.7 Å². The Hall–Kier alpha value is -2.04. The number of benzene rings is 2. The van der Waals surface area contributed by atoms with Gasteiger partial charge in [-0.1, -0.05) is 42.5 Å². The molecule has 1 saturated carbocycles. The van der Waals surface area contributed by atoms with Gasteiger partial charge in [0.25, 0.3) is 0 Å². The smallest absolute Gasteiger partial charge is 0.226 e. The van der Waals surface area contributed by atoms with Crippen molar-refractivity contribution in [3.63, 3.8) is 0 Å². The predicted molar refractivity (Wildman–Crippen MR) is 109 cm³/mol. The number of nitrogens with zero attached hydrogens (tertiary/aromatic N) is 1. The molecule has 1 aliphatic heterocycles. The van der Waals surface area contributed by atoms with Crippen LogP contribution in [-0.4, -0.2) is 29.9 Å². The summed E-state index contributed by atoms with van der Waals surface area (Å²) in [7, 11) is 0. The second-order valence-corrected chi connectivity index (χ2v) is 7.48. The van der Waals surface area contributed by atoms with E-state index in [1.807, 2.05) is 35.2 Å². The summed E-state index contributed by atoms with van der Waals surface area (Å²) >= 11 is 0. The standard InChI is InChI=1S/C22H26N2O2.ClH/c23-18-7-4-12-24(14-18)22(25)21-13-20(21)17-8-10-19(11-9-17)26-15-16-5-2-1-3-6-16;/h1-3,5-6,8-11,18,20-21H,4,7,12-15,23H2;1H. The minimum atomic E-state index is 0. The van der Waals surface area contributed by atoms with Gasteiger partial charge in [-0.2, -0.15) is 0 Å². The van der Waals surface area contributed by atoms with Crippen LogP contribution in [0, 0.1) is 5.92 Å². The van der Waals surface area contributed by atoms with Gasteiger partial charge in [-0.05, 0) is 48.4 Å². The van der Waals surface area contributed by atoms with Crippen molar-refractivity contribution in [1.29, 1.82) is 0 Å². The molecule has 1 amide bonds. The third-order valence-corrected chi connectivity index (χ3v) is 5.43. The molecule has 5 heteroatoms. The number of hydrogen-bond acceptors (Lipinski definition) is 3. The monoisotopic (exact) mass is 386 g/mol. The van der Waals surface area contributed by atoms with Crippen molar-refractivity contribution >= 4 is 18.3 Å². The summed E-state index contributed by atoms with van der Waals surface area (Å²) in [6, 6.07) is 18.5. The largest absolute Gasteiger partial charge is 0.489 e. The Labute approximate surface area is 167 Å². The maximum absolute atomic E-state index is 12.7. The zero-order valence-electron chi connectivity index (χ0n) is 15.4. The summed E-state index contributed by atoms with van der Waals surface area (Å²) in [5, 5.41) is 0. The summed E-state index contributed by atoms with van der Waals surface area (Å²) in [6.45, 7) is 2.15. The Bertz CT molecular complexity index is 751. The van der Waals surface area contributed by atoms with Gasteiger partial charge < -0.3 is 15.4 Å². The molecule has 0 spiro atoms. The third kappa shape index (κ3) is 4.82. The highest BCUT2D eigenvalue weighted by molar-refractivity contribution is 5.85. The molecule has 1 aliphatic carbocycles. The van der Waals surface area contributed by atoms with Gasteiger partial charge in [0.05, 0.1) is 0 Å². The van der Waals surface area contributed by atoms with Crippen LogP contribution >= 0.6 is 12.4 Å². The molecule has 4 rings (SSSR count). The van der Waals surface area contributed by atoms with Gasteiger partial charge in [0.2, 0.25) is 5.91 Å². The molecular weight excluding hydrogens is 360 g/mol. The zero-order valence-corrected chi connectivity index (χ0v) is 16.2.